The van der Waals surface area contributed by atoms with Crippen LogP contribution in [0.25, 0.3) is 0 Å². The van der Waals surface area contributed by atoms with Gasteiger partial charge in [0.1, 0.15) is 0 Å². The van der Waals surface area contributed by atoms with Gasteiger partial charge >= 0.3 is 0 Å². The molecule has 0 aliphatic heterocycles. The van der Waals surface area contributed by atoms with Crippen LogP contribution >= 0.6 is 0 Å². The van der Waals surface area contributed by atoms with Gasteiger partial charge in [-0.25, -0.2) is 8.78 Å². The van der Waals surface area contributed by atoms with Crippen molar-refractivity contribution in [1.29, 1.82) is 0 Å². The number of benzene rings is 1. The molecule has 1 aromatic carbocycles. The van der Waals surface area contributed by atoms with Crippen LogP contribution in [0.3, 0.4) is 0 Å². The molecule has 0 heterocycles. The van der Waals surface area contributed by atoms with Crippen LogP contribution in [-0.2, 0) is 17.6 Å². The van der Waals surface area contributed by atoms with Crippen LogP contribution in [-0.4, -0.2) is 12.7 Å². The average molecular weight is 419 g/mol. The fourth-order valence-corrected chi connectivity index (χ4v) is 6.56. The highest BCUT2D eigenvalue weighted by molar-refractivity contribution is 5.38. The summed E-state index contributed by atoms with van der Waals surface area (Å²) in [6.45, 7) is 5.27. The van der Waals surface area contributed by atoms with Gasteiger partial charge in [-0.05, 0) is 105 Å². The van der Waals surface area contributed by atoms with Gasteiger partial charge in [-0.2, -0.15) is 0 Å². The van der Waals surface area contributed by atoms with Gasteiger partial charge in [-0.15, -0.1) is 0 Å². The average Bonchev–Trinajstić information content (AvgIpc) is 2.76. The number of hydrogen-bond acceptors (Lipinski definition) is 1. The second-order valence-electron chi connectivity index (χ2n) is 10.3. The Morgan fingerprint density at radius 1 is 0.933 bits per heavy atom. The van der Waals surface area contributed by atoms with E-state index >= 15 is 8.78 Å². The first kappa shape index (κ1) is 22.2. The Kier molecular flexibility index (Phi) is 7.49. The fourth-order valence-electron chi connectivity index (χ4n) is 6.56. The van der Waals surface area contributed by atoms with Crippen molar-refractivity contribution in [2.45, 2.75) is 109 Å². The molecule has 2 saturated carbocycles. The Bertz CT molecular complexity index is 715. The molecule has 0 spiro atoms. The second kappa shape index (κ2) is 10.1. The maximum absolute atomic E-state index is 15.2. The summed E-state index contributed by atoms with van der Waals surface area (Å²) >= 11 is 0. The number of ether oxygens (including phenoxy) is 1. The summed E-state index contributed by atoms with van der Waals surface area (Å²) < 4.78 is 36.3. The van der Waals surface area contributed by atoms with Crippen molar-refractivity contribution in [2.24, 2.45) is 17.8 Å². The summed E-state index contributed by atoms with van der Waals surface area (Å²) in [7, 11) is 0. The van der Waals surface area contributed by atoms with Crippen molar-refractivity contribution in [3.05, 3.63) is 34.4 Å². The van der Waals surface area contributed by atoms with Gasteiger partial charge in [0.25, 0.3) is 0 Å². The molecule has 3 heteroatoms. The van der Waals surface area contributed by atoms with Crippen LogP contribution in [0, 0.1) is 29.4 Å². The third-order valence-electron chi connectivity index (χ3n) is 8.30. The van der Waals surface area contributed by atoms with Crippen LogP contribution in [0.15, 0.2) is 6.07 Å². The lowest BCUT2D eigenvalue weighted by molar-refractivity contribution is -0.0161. The van der Waals surface area contributed by atoms with E-state index in [0.29, 0.717) is 35.0 Å². The highest BCUT2D eigenvalue weighted by Crippen LogP contribution is 2.48. The largest absolute Gasteiger partial charge is 0.378 e. The Morgan fingerprint density at radius 2 is 1.73 bits per heavy atom. The smallest absolute Gasteiger partial charge is 0.162 e. The van der Waals surface area contributed by atoms with E-state index in [1.807, 2.05) is 0 Å². The van der Waals surface area contributed by atoms with Crippen LogP contribution in [0.1, 0.15) is 107 Å². The van der Waals surface area contributed by atoms with Crippen LogP contribution in [0.5, 0.6) is 0 Å². The van der Waals surface area contributed by atoms with Crippen molar-refractivity contribution in [3.8, 4) is 0 Å². The van der Waals surface area contributed by atoms with Crippen molar-refractivity contribution >= 4 is 0 Å². The molecule has 4 rings (SSSR count). The molecule has 0 radical (unpaired) electrons. The molecule has 3 aliphatic carbocycles. The summed E-state index contributed by atoms with van der Waals surface area (Å²) in [5.41, 5.74) is 2.45. The van der Waals surface area contributed by atoms with E-state index in [0.717, 1.165) is 76.4 Å². The molecule has 3 aliphatic rings. The summed E-state index contributed by atoms with van der Waals surface area (Å²) in [6.07, 6.45) is 14.4. The molecular weight excluding hydrogens is 378 g/mol. The molecule has 168 valence electrons. The van der Waals surface area contributed by atoms with Gasteiger partial charge in [-0.1, -0.05) is 39.2 Å². The lowest BCUT2D eigenvalue weighted by atomic mass is 9.65. The SMILES string of the molecule is CCCCOC1CCC2CC(c3cc4c(c(F)c3F)CC(CCC)CC4)CCC2C1. The topological polar surface area (TPSA) is 9.23 Å². The Labute approximate surface area is 182 Å². The summed E-state index contributed by atoms with van der Waals surface area (Å²) in [6, 6.07) is 2.06. The molecule has 1 aromatic rings. The normalized spacial score (nSPS) is 31.3. The highest BCUT2D eigenvalue weighted by Gasteiger charge is 2.38. The number of halogens is 2. The van der Waals surface area contributed by atoms with E-state index in [1.165, 1.54) is 19.3 Å². The zero-order chi connectivity index (χ0) is 21.1. The van der Waals surface area contributed by atoms with E-state index in [-0.39, 0.29) is 5.92 Å². The maximum Gasteiger partial charge on any atom is 0.162 e. The van der Waals surface area contributed by atoms with E-state index in [1.54, 1.807) is 0 Å². The van der Waals surface area contributed by atoms with E-state index in [2.05, 4.69) is 19.9 Å². The third kappa shape index (κ3) is 4.76. The Hall–Kier alpha value is -0.960. The maximum atomic E-state index is 15.2. The molecule has 0 amide bonds. The molecule has 30 heavy (non-hydrogen) atoms. The van der Waals surface area contributed by atoms with Crippen molar-refractivity contribution < 1.29 is 13.5 Å². The highest BCUT2D eigenvalue weighted by atomic mass is 19.2. The molecule has 0 N–H and O–H groups in total. The second-order valence-corrected chi connectivity index (χ2v) is 10.3. The molecule has 2 fully saturated rings. The predicted molar refractivity (Wildman–Crippen MR) is 119 cm³/mol. The minimum atomic E-state index is -0.536. The number of hydrogen-bond donors (Lipinski definition) is 0. The van der Waals surface area contributed by atoms with Crippen molar-refractivity contribution in [3.63, 3.8) is 0 Å². The van der Waals surface area contributed by atoms with Gasteiger partial charge in [0.05, 0.1) is 6.10 Å². The summed E-state index contributed by atoms with van der Waals surface area (Å²) in [4.78, 5) is 0. The molecular formula is C27H40F2O. The number of rotatable bonds is 7. The molecule has 0 aromatic heterocycles. The van der Waals surface area contributed by atoms with Crippen LogP contribution in [0.4, 0.5) is 8.78 Å². The molecule has 0 bridgehead atoms. The lowest BCUT2D eigenvalue weighted by Gasteiger charge is -2.42. The Balaban J connectivity index is 1.42. The summed E-state index contributed by atoms with van der Waals surface area (Å²) in [5, 5.41) is 0. The molecule has 0 saturated heterocycles. The fraction of sp³-hybridized carbons (Fsp3) is 0.778. The van der Waals surface area contributed by atoms with Crippen molar-refractivity contribution in [2.75, 3.05) is 6.61 Å². The zero-order valence-electron chi connectivity index (χ0n) is 19.0. The molecule has 5 atom stereocenters. The first-order chi connectivity index (χ1) is 14.6. The first-order valence-corrected chi connectivity index (χ1v) is 12.7. The van der Waals surface area contributed by atoms with E-state index in [9.17, 15) is 0 Å². The lowest BCUT2D eigenvalue weighted by Crippen LogP contribution is -2.34. The quantitative estimate of drug-likeness (QED) is 0.411. The van der Waals surface area contributed by atoms with E-state index < -0.39 is 11.6 Å². The number of unbranched alkanes of at least 4 members (excludes halogenated alkanes) is 1. The Morgan fingerprint density at radius 3 is 2.53 bits per heavy atom. The summed E-state index contributed by atoms with van der Waals surface area (Å²) in [5.74, 6) is 1.01. The van der Waals surface area contributed by atoms with Gasteiger partial charge in [0.15, 0.2) is 11.6 Å². The molecule has 1 nitrogen and oxygen atoms in total. The minimum absolute atomic E-state index is 0.192. The standard InChI is InChI=1S/C27H40F2O/c1-3-5-13-30-23-12-11-19-15-21(10-9-20(19)16-23)25-17-22-8-7-18(6-4-2)14-24(22)26(28)27(25)29/h17-21,23H,3-16H2,1-2H3. The van der Waals surface area contributed by atoms with Crippen LogP contribution in [0.2, 0.25) is 0 Å². The third-order valence-corrected chi connectivity index (χ3v) is 8.30. The van der Waals surface area contributed by atoms with Gasteiger partial charge < -0.3 is 4.74 Å². The monoisotopic (exact) mass is 418 g/mol. The number of aryl methyl sites for hydroxylation is 1. The van der Waals surface area contributed by atoms with Gasteiger partial charge in [-0.3, -0.25) is 0 Å². The van der Waals surface area contributed by atoms with E-state index in [4.69, 9.17) is 4.74 Å². The minimum Gasteiger partial charge on any atom is -0.378 e. The predicted octanol–water partition coefficient (Wildman–Crippen LogP) is 7.74. The van der Waals surface area contributed by atoms with Crippen molar-refractivity contribution in [1.82, 2.24) is 0 Å². The van der Waals surface area contributed by atoms with Gasteiger partial charge in [0, 0.05) is 6.61 Å². The first-order valence-electron chi connectivity index (χ1n) is 12.7. The zero-order valence-corrected chi connectivity index (χ0v) is 19.0. The van der Waals surface area contributed by atoms with Gasteiger partial charge in [0.2, 0.25) is 0 Å². The van der Waals surface area contributed by atoms with Crippen LogP contribution < -0.4 is 0 Å². The molecule has 5 unspecified atom stereocenters. The number of fused-ring (bicyclic) bond motifs is 2.